The Kier molecular flexibility index (Phi) is 5.47. The van der Waals surface area contributed by atoms with Crippen molar-refractivity contribution in [1.29, 1.82) is 0 Å². The first-order chi connectivity index (χ1) is 9.33. The highest BCUT2D eigenvalue weighted by molar-refractivity contribution is 9.10. The number of hydrogen-bond donors (Lipinski definition) is 1. The topological polar surface area (TPSA) is 80.5 Å². The van der Waals surface area contributed by atoms with Crippen molar-refractivity contribution in [1.82, 2.24) is 4.90 Å². The van der Waals surface area contributed by atoms with Gasteiger partial charge in [-0.3, -0.25) is 4.79 Å². The van der Waals surface area contributed by atoms with Crippen molar-refractivity contribution in [3.63, 3.8) is 0 Å². The molecule has 1 aromatic rings. The minimum atomic E-state index is -3.94. The molecule has 5 nitrogen and oxygen atoms in total. The first kappa shape index (κ1) is 18.4. The number of primary sulfonamides is 1. The molecule has 0 bridgehead atoms. The van der Waals surface area contributed by atoms with E-state index < -0.39 is 10.0 Å². The SMILES string of the molecule is CN(CC(C)(C)C)C(=O)c1cc(S(N)(=O)=O)c(Br)cc1Cl. The molecular formula is C13H18BrClN2O3S. The Balaban J connectivity index is 3.28. The molecule has 0 aliphatic rings. The van der Waals surface area contributed by atoms with Crippen LogP contribution in [0, 0.1) is 5.41 Å². The molecule has 0 aliphatic carbocycles. The molecule has 1 aromatic carbocycles. The smallest absolute Gasteiger partial charge is 0.255 e. The average Bonchev–Trinajstić information content (AvgIpc) is 2.23. The van der Waals surface area contributed by atoms with E-state index in [4.69, 9.17) is 16.7 Å². The summed E-state index contributed by atoms with van der Waals surface area (Å²) in [6.45, 7) is 6.49. The molecule has 0 atom stereocenters. The van der Waals surface area contributed by atoms with Gasteiger partial charge in [0.15, 0.2) is 0 Å². The average molecular weight is 398 g/mol. The Labute approximate surface area is 138 Å². The van der Waals surface area contributed by atoms with Gasteiger partial charge in [-0.15, -0.1) is 0 Å². The molecule has 2 N–H and O–H groups in total. The third-order valence-corrected chi connectivity index (χ3v) is 4.80. The van der Waals surface area contributed by atoms with Crippen molar-refractivity contribution in [2.24, 2.45) is 10.6 Å². The van der Waals surface area contributed by atoms with Crippen LogP contribution in [0.15, 0.2) is 21.5 Å². The van der Waals surface area contributed by atoms with Crippen LogP contribution in [0.4, 0.5) is 0 Å². The van der Waals surface area contributed by atoms with Gasteiger partial charge < -0.3 is 4.90 Å². The fourth-order valence-electron chi connectivity index (χ4n) is 1.90. The largest absolute Gasteiger partial charge is 0.341 e. The molecule has 0 radical (unpaired) electrons. The Morgan fingerprint density at radius 1 is 1.38 bits per heavy atom. The molecule has 1 rings (SSSR count). The summed E-state index contributed by atoms with van der Waals surface area (Å²) in [4.78, 5) is 13.8. The van der Waals surface area contributed by atoms with E-state index in [0.717, 1.165) is 0 Å². The molecule has 0 spiro atoms. The van der Waals surface area contributed by atoms with Gasteiger partial charge in [0.2, 0.25) is 10.0 Å². The number of nitrogens with two attached hydrogens (primary N) is 1. The summed E-state index contributed by atoms with van der Waals surface area (Å²) < 4.78 is 23.3. The lowest BCUT2D eigenvalue weighted by molar-refractivity contribution is 0.0745. The third kappa shape index (κ3) is 4.95. The Morgan fingerprint density at radius 2 is 1.90 bits per heavy atom. The second kappa shape index (κ2) is 6.24. The zero-order valence-corrected chi connectivity index (χ0v) is 15.4. The number of rotatable bonds is 3. The molecule has 1 amide bonds. The predicted octanol–water partition coefficient (Wildman–Crippen LogP) is 2.87. The lowest BCUT2D eigenvalue weighted by Gasteiger charge is -2.27. The molecule has 0 unspecified atom stereocenters. The summed E-state index contributed by atoms with van der Waals surface area (Å²) in [5.74, 6) is -0.354. The van der Waals surface area contributed by atoms with Gasteiger partial charge in [0, 0.05) is 18.1 Å². The Bertz CT molecular complexity index is 669. The minimum absolute atomic E-state index is 0.0883. The van der Waals surface area contributed by atoms with E-state index in [1.807, 2.05) is 20.8 Å². The van der Waals surface area contributed by atoms with Crippen molar-refractivity contribution in [2.75, 3.05) is 13.6 Å². The summed E-state index contributed by atoms with van der Waals surface area (Å²) in [7, 11) is -2.30. The molecule has 0 fully saturated rings. The van der Waals surface area contributed by atoms with Crippen LogP contribution < -0.4 is 5.14 Å². The van der Waals surface area contributed by atoms with Crippen molar-refractivity contribution in [3.05, 3.63) is 27.2 Å². The van der Waals surface area contributed by atoms with E-state index in [1.165, 1.54) is 17.0 Å². The number of benzene rings is 1. The van der Waals surface area contributed by atoms with E-state index >= 15 is 0 Å². The number of sulfonamides is 1. The molecule has 0 aliphatic heterocycles. The van der Waals surface area contributed by atoms with E-state index in [9.17, 15) is 13.2 Å². The van der Waals surface area contributed by atoms with Crippen molar-refractivity contribution in [3.8, 4) is 0 Å². The summed E-state index contributed by atoms with van der Waals surface area (Å²) >= 11 is 9.13. The molecule has 0 saturated carbocycles. The molecule has 8 heteroatoms. The number of amides is 1. The van der Waals surface area contributed by atoms with Gasteiger partial charge >= 0.3 is 0 Å². The quantitative estimate of drug-likeness (QED) is 0.851. The van der Waals surface area contributed by atoms with E-state index in [2.05, 4.69) is 15.9 Å². The van der Waals surface area contributed by atoms with Crippen molar-refractivity contribution in [2.45, 2.75) is 25.7 Å². The molecule has 0 aromatic heterocycles. The fraction of sp³-hybridized carbons (Fsp3) is 0.462. The van der Waals surface area contributed by atoms with Crippen molar-refractivity contribution >= 4 is 43.5 Å². The summed E-state index contributed by atoms with van der Waals surface area (Å²) in [6.07, 6.45) is 0. The van der Waals surface area contributed by atoms with E-state index in [0.29, 0.717) is 6.54 Å². The lowest BCUT2D eigenvalue weighted by Crippen LogP contribution is -2.34. The number of halogens is 2. The molecular weight excluding hydrogens is 380 g/mol. The van der Waals surface area contributed by atoms with Gasteiger partial charge in [-0.25, -0.2) is 13.6 Å². The zero-order valence-electron chi connectivity index (χ0n) is 12.3. The van der Waals surface area contributed by atoms with Crippen LogP contribution in [0.3, 0.4) is 0 Å². The molecule has 118 valence electrons. The number of carbonyl (C=O) groups is 1. The highest BCUT2D eigenvalue weighted by Gasteiger charge is 2.24. The Morgan fingerprint density at radius 3 is 2.33 bits per heavy atom. The minimum Gasteiger partial charge on any atom is -0.341 e. The Hall–Kier alpha value is -0.630. The van der Waals surface area contributed by atoms with Gasteiger partial charge in [-0.05, 0) is 33.5 Å². The maximum Gasteiger partial charge on any atom is 0.255 e. The number of nitrogens with zero attached hydrogens (tertiary/aromatic N) is 1. The number of hydrogen-bond acceptors (Lipinski definition) is 3. The predicted molar refractivity (Wildman–Crippen MR) is 86.9 cm³/mol. The normalized spacial score (nSPS) is 12.3. The first-order valence-electron chi connectivity index (χ1n) is 6.10. The highest BCUT2D eigenvalue weighted by atomic mass is 79.9. The van der Waals surface area contributed by atoms with Crippen LogP contribution >= 0.6 is 27.5 Å². The first-order valence-corrected chi connectivity index (χ1v) is 8.82. The molecule has 0 saturated heterocycles. The summed E-state index contributed by atoms with van der Waals surface area (Å²) in [5, 5.41) is 5.30. The maximum absolute atomic E-state index is 12.4. The van der Waals surface area contributed by atoms with Gasteiger partial charge in [-0.1, -0.05) is 32.4 Å². The fourth-order valence-corrected chi connectivity index (χ4v) is 3.91. The number of carbonyl (C=O) groups excluding carboxylic acids is 1. The summed E-state index contributed by atoms with van der Waals surface area (Å²) in [6, 6.07) is 2.56. The van der Waals surface area contributed by atoms with Crippen LogP contribution in [-0.4, -0.2) is 32.8 Å². The summed E-state index contributed by atoms with van der Waals surface area (Å²) in [5.41, 5.74) is 0.0188. The molecule has 0 heterocycles. The van der Waals surface area contributed by atoms with Gasteiger partial charge in [0.25, 0.3) is 5.91 Å². The van der Waals surface area contributed by atoms with Crippen LogP contribution in [0.5, 0.6) is 0 Å². The van der Waals surface area contributed by atoms with E-state index in [-0.39, 0.29) is 31.3 Å². The standard InChI is InChI=1S/C13H18BrClN2O3S/c1-13(2,3)7-17(4)12(18)8-5-11(21(16,19)20)9(14)6-10(8)15/h5-6H,7H2,1-4H3,(H2,16,19,20). The van der Waals surface area contributed by atoms with Crippen LogP contribution in [-0.2, 0) is 10.0 Å². The maximum atomic E-state index is 12.4. The van der Waals surface area contributed by atoms with Crippen LogP contribution in [0.1, 0.15) is 31.1 Å². The second-order valence-corrected chi connectivity index (χ2v) is 8.82. The van der Waals surface area contributed by atoms with Gasteiger partial charge in [0.05, 0.1) is 15.5 Å². The van der Waals surface area contributed by atoms with Gasteiger partial charge in [0.1, 0.15) is 0 Å². The zero-order chi connectivity index (χ0) is 16.6. The second-order valence-electron chi connectivity index (χ2n) is 6.03. The third-order valence-electron chi connectivity index (χ3n) is 2.62. The highest BCUT2D eigenvalue weighted by Crippen LogP contribution is 2.29. The van der Waals surface area contributed by atoms with E-state index in [1.54, 1.807) is 7.05 Å². The van der Waals surface area contributed by atoms with Crippen molar-refractivity contribution < 1.29 is 13.2 Å². The lowest BCUT2D eigenvalue weighted by atomic mass is 9.96. The van der Waals surface area contributed by atoms with Crippen LogP contribution in [0.2, 0.25) is 5.02 Å². The van der Waals surface area contributed by atoms with Gasteiger partial charge in [-0.2, -0.15) is 0 Å². The monoisotopic (exact) mass is 396 g/mol. The van der Waals surface area contributed by atoms with Crippen LogP contribution in [0.25, 0.3) is 0 Å². The molecule has 21 heavy (non-hydrogen) atoms.